The van der Waals surface area contributed by atoms with E-state index in [4.69, 9.17) is 17.3 Å². The van der Waals surface area contributed by atoms with Crippen molar-refractivity contribution in [2.45, 2.75) is 6.18 Å². The Kier molecular flexibility index (Phi) is 6.79. The molecule has 3 aromatic rings. The highest BCUT2D eigenvalue weighted by molar-refractivity contribution is 6.32. The number of hydrogen-bond donors (Lipinski definition) is 1. The Bertz CT molecular complexity index is 1250. The summed E-state index contributed by atoms with van der Waals surface area (Å²) in [5.74, 6) is -4.19. The second-order valence-corrected chi connectivity index (χ2v) is 8.19. The highest BCUT2D eigenvalue weighted by Gasteiger charge is 2.32. The van der Waals surface area contributed by atoms with Crippen LogP contribution in [0.4, 0.5) is 43.5 Å². The highest BCUT2D eigenvalue weighted by atomic mass is 35.5. The van der Waals surface area contributed by atoms with Crippen molar-refractivity contribution in [3.63, 3.8) is 0 Å². The lowest BCUT2D eigenvalue weighted by Gasteiger charge is -2.34. The maximum absolute atomic E-state index is 13.7. The molecule has 12 heteroatoms. The van der Waals surface area contributed by atoms with E-state index in [1.165, 1.54) is 6.34 Å². The monoisotopic (exact) mass is 513 g/mol. The molecule has 2 aromatic carbocycles. The number of aromatic nitrogens is 1. The molecular formula is C23H18ClF6N5. The third-order valence-electron chi connectivity index (χ3n) is 5.49. The van der Waals surface area contributed by atoms with Gasteiger partial charge in [0.05, 0.1) is 28.3 Å². The molecule has 0 unspecified atom stereocenters. The van der Waals surface area contributed by atoms with Gasteiger partial charge in [0.1, 0.15) is 5.82 Å². The van der Waals surface area contributed by atoms with Gasteiger partial charge in [-0.2, -0.15) is 13.2 Å². The summed E-state index contributed by atoms with van der Waals surface area (Å²) in [4.78, 5) is 12.1. The Morgan fingerprint density at radius 3 is 2.26 bits per heavy atom. The molecule has 0 saturated carbocycles. The minimum atomic E-state index is -4.78. The van der Waals surface area contributed by atoms with Crippen LogP contribution in [0.5, 0.6) is 0 Å². The molecule has 0 amide bonds. The van der Waals surface area contributed by atoms with Crippen molar-refractivity contribution >= 4 is 35.1 Å². The van der Waals surface area contributed by atoms with Gasteiger partial charge in [-0.3, -0.25) is 0 Å². The van der Waals surface area contributed by atoms with Crippen LogP contribution < -0.4 is 10.6 Å². The predicted octanol–water partition coefficient (Wildman–Crippen LogP) is 5.90. The van der Waals surface area contributed by atoms with Crippen molar-refractivity contribution in [1.82, 2.24) is 9.88 Å². The van der Waals surface area contributed by atoms with Gasteiger partial charge in [-0.1, -0.05) is 11.6 Å². The van der Waals surface area contributed by atoms with Crippen molar-refractivity contribution in [2.75, 3.05) is 36.8 Å². The van der Waals surface area contributed by atoms with E-state index in [0.717, 1.165) is 6.07 Å². The van der Waals surface area contributed by atoms with Crippen LogP contribution in [-0.4, -0.2) is 42.4 Å². The molecule has 1 saturated heterocycles. The maximum Gasteiger partial charge on any atom is 0.416 e. The third-order valence-corrected chi connectivity index (χ3v) is 5.79. The minimum Gasteiger partial charge on any atom is -0.396 e. The van der Waals surface area contributed by atoms with Crippen molar-refractivity contribution in [2.24, 2.45) is 4.99 Å². The fourth-order valence-electron chi connectivity index (χ4n) is 3.66. The number of piperazine rings is 1. The Balaban J connectivity index is 1.61. The molecule has 184 valence electrons. The Labute approximate surface area is 201 Å². The fourth-order valence-corrected chi connectivity index (χ4v) is 3.90. The van der Waals surface area contributed by atoms with Crippen molar-refractivity contribution < 1.29 is 26.3 Å². The topological polar surface area (TPSA) is 57.8 Å². The van der Waals surface area contributed by atoms with Gasteiger partial charge in [0.2, 0.25) is 0 Å². The molecule has 0 aliphatic carbocycles. The molecule has 1 fully saturated rings. The van der Waals surface area contributed by atoms with Crippen LogP contribution in [0.3, 0.4) is 0 Å². The second-order valence-electron chi connectivity index (χ2n) is 7.78. The van der Waals surface area contributed by atoms with Gasteiger partial charge in [-0.25, -0.2) is 23.1 Å². The summed E-state index contributed by atoms with van der Waals surface area (Å²) in [6.45, 7) is 2.05. The number of halogens is 7. The average molecular weight is 514 g/mol. The van der Waals surface area contributed by atoms with E-state index < -0.39 is 29.2 Å². The Hall–Kier alpha value is -3.47. The molecule has 5 nitrogen and oxygen atoms in total. The van der Waals surface area contributed by atoms with Gasteiger partial charge in [0.25, 0.3) is 0 Å². The summed E-state index contributed by atoms with van der Waals surface area (Å²) in [7, 11) is 0. The zero-order valence-corrected chi connectivity index (χ0v) is 18.7. The van der Waals surface area contributed by atoms with Gasteiger partial charge in [-0.05, 0) is 42.0 Å². The summed E-state index contributed by atoms with van der Waals surface area (Å²) >= 11 is 6.18. The van der Waals surface area contributed by atoms with Crippen LogP contribution in [0.15, 0.2) is 47.6 Å². The van der Waals surface area contributed by atoms with E-state index in [2.05, 4.69) is 9.98 Å². The van der Waals surface area contributed by atoms with Crippen molar-refractivity contribution in [3.05, 3.63) is 70.6 Å². The molecule has 1 aromatic heterocycles. The van der Waals surface area contributed by atoms with E-state index in [1.54, 1.807) is 23.2 Å². The van der Waals surface area contributed by atoms with Crippen LogP contribution >= 0.6 is 11.6 Å². The summed E-state index contributed by atoms with van der Waals surface area (Å²) in [5.41, 5.74) is 3.77. The molecule has 0 bridgehead atoms. The van der Waals surface area contributed by atoms with Crippen LogP contribution in [-0.2, 0) is 6.18 Å². The van der Waals surface area contributed by atoms with Crippen LogP contribution in [0, 0.1) is 17.5 Å². The molecule has 1 aliphatic heterocycles. The number of hydrogen-bond acceptors (Lipinski definition) is 4. The first-order valence-corrected chi connectivity index (χ1v) is 10.7. The SMILES string of the molecule is Nc1c(N=CN2CCN(c3ncccc3Cl)CC2)cc(C(F)(F)F)cc1-c1cc(F)c(F)c(F)c1. The van der Waals surface area contributed by atoms with Crippen LogP contribution in [0.2, 0.25) is 5.02 Å². The molecule has 4 rings (SSSR count). The molecule has 1 aliphatic rings. The molecule has 2 N–H and O–H groups in total. The standard InChI is InChI=1S/C23H18ClF6N5/c24-16-2-1-3-32-22(16)35-6-4-34(5-7-35)12-33-19-11-14(23(28,29)30)10-15(21(19)31)13-8-17(25)20(27)18(26)9-13/h1-3,8-12H,4-7,31H2. The molecule has 0 atom stereocenters. The van der Waals surface area contributed by atoms with E-state index >= 15 is 0 Å². The van der Waals surface area contributed by atoms with E-state index in [1.807, 2.05) is 4.90 Å². The van der Waals surface area contributed by atoms with Gasteiger partial charge in [0.15, 0.2) is 17.5 Å². The van der Waals surface area contributed by atoms with Gasteiger partial charge in [0, 0.05) is 37.9 Å². The number of nitrogens with two attached hydrogens (primary N) is 1. The first-order chi connectivity index (χ1) is 16.5. The van der Waals surface area contributed by atoms with Gasteiger partial charge < -0.3 is 15.5 Å². The zero-order valence-electron chi connectivity index (χ0n) is 18.0. The first kappa shape index (κ1) is 24.6. The molecule has 0 radical (unpaired) electrons. The fraction of sp³-hybridized carbons (Fsp3) is 0.217. The molecule has 0 spiro atoms. The zero-order chi connectivity index (χ0) is 25.3. The number of pyridine rings is 1. The van der Waals surface area contributed by atoms with Gasteiger partial charge in [-0.15, -0.1) is 0 Å². The highest BCUT2D eigenvalue weighted by Crippen LogP contribution is 2.41. The number of nitrogens with zero attached hydrogens (tertiary/aromatic N) is 4. The molecule has 2 heterocycles. The average Bonchev–Trinajstić information content (AvgIpc) is 2.81. The number of rotatable bonds is 4. The summed E-state index contributed by atoms with van der Waals surface area (Å²) in [6, 6.07) is 6.01. The molecular weight excluding hydrogens is 496 g/mol. The quantitative estimate of drug-likeness (QED) is 0.155. The normalized spacial score (nSPS) is 14.7. The smallest absolute Gasteiger partial charge is 0.396 e. The summed E-state index contributed by atoms with van der Waals surface area (Å²) in [6.07, 6.45) is -1.79. The lowest BCUT2D eigenvalue weighted by atomic mass is 9.99. The number of benzene rings is 2. The second kappa shape index (κ2) is 9.65. The Morgan fingerprint density at radius 2 is 1.66 bits per heavy atom. The molecule has 35 heavy (non-hydrogen) atoms. The van der Waals surface area contributed by atoms with Gasteiger partial charge >= 0.3 is 6.18 Å². The van der Waals surface area contributed by atoms with Crippen molar-refractivity contribution in [3.8, 4) is 11.1 Å². The van der Waals surface area contributed by atoms with Crippen molar-refractivity contribution in [1.29, 1.82) is 0 Å². The minimum absolute atomic E-state index is 0.237. The third kappa shape index (κ3) is 5.29. The predicted molar refractivity (Wildman–Crippen MR) is 122 cm³/mol. The first-order valence-electron chi connectivity index (χ1n) is 10.3. The Morgan fingerprint density at radius 1 is 1.00 bits per heavy atom. The number of nitrogen functional groups attached to an aromatic ring is 1. The lowest BCUT2D eigenvalue weighted by molar-refractivity contribution is -0.137. The maximum atomic E-state index is 13.7. The largest absolute Gasteiger partial charge is 0.416 e. The number of alkyl halides is 3. The van der Waals surface area contributed by atoms with Crippen LogP contribution in [0.25, 0.3) is 11.1 Å². The van der Waals surface area contributed by atoms with E-state index in [-0.39, 0.29) is 22.5 Å². The van der Waals surface area contributed by atoms with Crippen LogP contribution in [0.1, 0.15) is 5.56 Å². The summed E-state index contributed by atoms with van der Waals surface area (Å²) in [5, 5.41) is 0.507. The van der Waals surface area contributed by atoms with E-state index in [0.29, 0.717) is 55.2 Å². The van der Waals surface area contributed by atoms with E-state index in [9.17, 15) is 26.3 Å². The summed E-state index contributed by atoms with van der Waals surface area (Å²) < 4.78 is 81.4. The number of aliphatic imine (C=N–C) groups is 1. The number of anilines is 2. The lowest BCUT2D eigenvalue weighted by Crippen LogP contribution is -2.46.